The van der Waals surface area contributed by atoms with Gasteiger partial charge in [-0.25, -0.2) is 0 Å². The highest BCUT2D eigenvalue weighted by atomic mass is 16.3. The van der Waals surface area contributed by atoms with Gasteiger partial charge in [-0.15, -0.1) is 0 Å². The van der Waals surface area contributed by atoms with Crippen LogP contribution in [-0.4, -0.2) is 11.8 Å². The van der Waals surface area contributed by atoms with E-state index in [0.717, 1.165) is 0 Å². The van der Waals surface area contributed by atoms with Crippen LogP contribution < -0.4 is 10.6 Å². The van der Waals surface area contributed by atoms with Crippen LogP contribution in [0.5, 0.6) is 0 Å². The van der Waals surface area contributed by atoms with E-state index in [1.807, 2.05) is 0 Å². The summed E-state index contributed by atoms with van der Waals surface area (Å²) in [7, 11) is 0. The molecule has 2 aromatic heterocycles. The van der Waals surface area contributed by atoms with Crippen LogP contribution in [0.2, 0.25) is 0 Å². The quantitative estimate of drug-likeness (QED) is 0.908. The summed E-state index contributed by atoms with van der Waals surface area (Å²) in [4.78, 5) is 24.3. The van der Waals surface area contributed by atoms with E-state index in [1.165, 1.54) is 25.1 Å². The second-order valence-corrected chi connectivity index (χ2v) is 5.55. The molecule has 0 aliphatic heterocycles. The number of furan rings is 2. The van der Waals surface area contributed by atoms with E-state index in [-0.39, 0.29) is 23.7 Å². The summed E-state index contributed by atoms with van der Waals surface area (Å²) < 4.78 is 9.85. The Morgan fingerprint density at radius 2 is 1.23 bits per heavy atom. The van der Waals surface area contributed by atoms with E-state index in [4.69, 9.17) is 8.83 Å². The van der Waals surface area contributed by atoms with Crippen LogP contribution in [0, 0.1) is 11.8 Å². The topological polar surface area (TPSA) is 84.5 Å². The number of amides is 2. The molecule has 2 heterocycles. The monoisotopic (exact) mass is 302 g/mol. The summed E-state index contributed by atoms with van der Waals surface area (Å²) in [6.07, 6.45) is 8.91. The van der Waals surface area contributed by atoms with Crippen LogP contribution in [-0.2, 0) is 9.59 Å². The van der Waals surface area contributed by atoms with Gasteiger partial charge < -0.3 is 19.5 Å². The number of carbonyl (C=O) groups is 2. The molecule has 0 spiro atoms. The minimum absolute atomic E-state index is 0.00454. The minimum Gasteiger partial charge on any atom is -0.470 e. The Morgan fingerprint density at radius 1 is 0.818 bits per heavy atom. The van der Waals surface area contributed by atoms with Gasteiger partial charge in [-0.1, -0.05) is 0 Å². The lowest BCUT2D eigenvalue weighted by molar-refractivity contribution is -0.125. The molecule has 1 aliphatic rings. The lowest BCUT2D eigenvalue weighted by Crippen LogP contribution is -2.31. The van der Waals surface area contributed by atoms with Crippen molar-refractivity contribution in [3.05, 3.63) is 37.2 Å². The van der Waals surface area contributed by atoms with Crippen LogP contribution >= 0.6 is 0 Å². The number of carbonyl (C=O) groups excluding carboxylic acids is 2. The van der Waals surface area contributed by atoms with Crippen LogP contribution in [0.1, 0.15) is 25.7 Å². The van der Waals surface area contributed by atoms with Gasteiger partial charge in [0.1, 0.15) is 12.5 Å². The van der Waals surface area contributed by atoms with Crippen molar-refractivity contribution in [3.8, 4) is 0 Å². The molecule has 1 saturated carbocycles. The fourth-order valence-electron chi connectivity index (χ4n) is 2.78. The Labute approximate surface area is 127 Å². The first kappa shape index (κ1) is 14.4. The van der Waals surface area contributed by atoms with E-state index in [1.54, 1.807) is 12.1 Å². The third-order valence-electron chi connectivity index (χ3n) is 4.05. The van der Waals surface area contributed by atoms with Crippen molar-refractivity contribution in [2.45, 2.75) is 25.7 Å². The van der Waals surface area contributed by atoms with Crippen molar-refractivity contribution >= 4 is 23.2 Å². The first-order valence-corrected chi connectivity index (χ1v) is 7.38. The molecule has 0 radical (unpaired) electrons. The van der Waals surface area contributed by atoms with Gasteiger partial charge in [0.05, 0.1) is 23.9 Å². The molecule has 22 heavy (non-hydrogen) atoms. The molecule has 1 fully saturated rings. The van der Waals surface area contributed by atoms with Gasteiger partial charge in [-0.3, -0.25) is 9.59 Å². The SMILES string of the molecule is O=C(Nc1ccoc1)C1CCC(C(=O)Nc2ccoc2)CC1. The first-order valence-electron chi connectivity index (χ1n) is 7.38. The predicted octanol–water partition coefficient (Wildman–Crippen LogP) is 3.26. The van der Waals surface area contributed by atoms with Gasteiger partial charge in [0.15, 0.2) is 0 Å². The third kappa shape index (κ3) is 3.39. The molecular weight excluding hydrogens is 284 g/mol. The molecule has 0 atom stereocenters. The number of rotatable bonds is 4. The molecule has 0 bridgehead atoms. The van der Waals surface area contributed by atoms with Crippen molar-refractivity contribution in [3.63, 3.8) is 0 Å². The molecule has 2 aromatic rings. The van der Waals surface area contributed by atoms with Gasteiger partial charge in [-0.05, 0) is 37.8 Å². The summed E-state index contributed by atoms with van der Waals surface area (Å²) >= 11 is 0. The van der Waals surface area contributed by atoms with Gasteiger partial charge in [-0.2, -0.15) is 0 Å². The number of nitrogens with one attached hydrogen (secondary N) is 2. The zero-order valence-electron chi connectivity index (χ0n) is 12.1. The van der Waals surface area contributed by atoms with E-state index in [0.29, 0.717) is 37.1 Å². The van der Waals surface area contributed by atoms with E-state index >= 15 is 0 Å². The Kier molecular flexibility index (Phi) is 4.27. The highest BCUT2D eigenvalue weighted by molar-refractivity contribution is 5.94. The first-order chi connectivity index (χ1) is 10.7. The van der Waals surface area contributed by atoms with Gasteiger partial charge >= 0.3 is 0 Å². The number of anilines is 2. The average Bonchev–Trinajstić information content (AvgIpc) is 3.21. The molecule has 1 aliphatic carbocycles. The maximum Gasteiger partial charge on any atom is 0.227 e. The molecule has 0 aromatic carbocycles. The molecule has 3 rings (SSSR count). The maximum absolute atomic E-state index is 12.1. The van der Waals surface area contributed by atoms with E-state index < -0.39 is 0 Å². The standard InChI is InChI=1S/C16H18N2O4/c19-15(17-13-5-7-21-9-13)11-1-2-12(4-3-11)16(20)18-14-6-8-22-10-14/h5-12H,1-4H2,(H,17,19)(H,18,20). The summed E-state index contributed by atoms with van der Waals surface area (Å²) in [6, 6.07) is 3.42. The van der Waals surface area contributed by atoms with Gasteiger partial charge in [0.25, 0.3) is 0 Å². The Balaban J connectivity index is 1.47. The van der Waals surface area contributed by atoms with Crippen molar-refractivity contribution in [2.75, 3.05) is 10.6 Å². The molecule has 116 valence electrons. The van der Waals surface area contributed by atoms with E-state index in [2.05, 4.69) is 10.6 Å². The molecule has 6 nitrogen and oxygen atoms in total. The molecular formula is C16H18N2O4. The van der Waals surface area contributed by atoms with Crippen LogP contribution in [0.15, 0.2) is 46.0 Å². The van der Waals surface area contributed by atoms with Crippen molar-refractivity contribution < 1.29 is 18.4 Å². The molecule has 6 heteroatoms. The highest BCUT2D eigenvalue weighted by Crippen LogP contribution is 2.30. The second-order valence-electron chi connectivity index (χ2n) is 5.55. The van der Waals surface area contributed by atoms with Crippen LogP contribution in [0.4, 0.5) is 11.4 Å². The second kappa shape index (κ2) is 6.51. The molecule has 0 saturated heterocycles. The molecule has 2 amide bonds. The van der Waals surface area contributed by atoms with Gasteiger partial charge in [0.2, 0.25) is 11.8 Å². The predicted molar refractivity (Wildman–Crippen MR) is 80.1 cm³/mol. The largest absolute Gasteiger partial charge is 0.470 e. The van der Waals surface area contributed by atoms with Crippen LogP contribution in [0.25, 0.3) is 0 Å². The fraction of sp³-hybridized carbons (Fsp3) is 0.375. The lowest BCUT2D eigenvalue weighted by Gasteiger charge is -2.26. The normalized spacial score (nSPS) is 21.3. The summed E-state index contributed by atoms with van der Waals surface area (Å²) in [5.41, 5.74) is 1.34. The third-order valence-corrected chi connectivity index (χ3v) is 4.05. The van der Waals surface area contributed by atoms with Gasteiger partial charge in [0, 0.05) is 11.8 Å². The maximum atomic E-state index is 12.1. The van der Waals surface area contributed by atoms with Crippen LogP contribution in [0.3, 0.4) is 0 Å². The Hall–Kier alpha value is -2.50. The summed E-state index contributed by atoms with van der Waals surface area (Å²) in [5, 5.41) is 5.65. The Morgan fingerprint density at radius 3 is 1.55 bits per heavy atom. The van der Waals surface area contributed by atoms with Crippen molar-refractivity contribution in [2.24, 2.45) is 11.8 Å². The number of hydrogen-bond donors (Lipinski definition) is 2. The zero-order chi connectivity index (χ0) is 15.4. The van der Waals surface area contributed by atoms with Crippen molar-refractivity contribution in [1.82, 2.24) is 0 Å². The molecule has 2 N–H and O–H groups in total. The lowest BCUT2D eigenvalue weighted by atomic mass is 9.81. The van der Waals surface area contributed by atoms with E-state index in [9.17, 15) is 9.59 Å². The summed E-state index contributed by atoms with van der Waals surface area (Å²) in [6.45, 7) is 0. The summed E-state index contributed by atoms with van der Waals surface area (Å²) in [5.74, 6) is -0.106. The highest BCUT2D eigenvalue weighted by Gasteiger charge is 2.30. The fourth-order valence-corrected chi connectivity index (χ4v) is 2.78. The smallest absolute Gasteiger partial charge is 0.227 e. The average molecular weight is 302 g/mol. The Bertz CT molecular complexity index is 554. The molecule has 0 unspecified atom stereocenters. The zero-order valence-corrected chi connectivity index (χ0v) is 12.1. The van der Waals surface area contributed by atoms with Crippen molar-refractivity contribution in [1.29, 1.82) is 0 Å². The minimum atomic E-state index is -0.0483. The number of hydrogen-bond acceptors (Lipinski definition) is 4.